The molecule has 0 radical (unpaired) electrons. The summed E-state index contributed by atoms with van der Waals surface area (Å²) in [7, 11) is 0. The molecular weight excluding hydrogens is 382 g/mol. The molecule has 1 unspecified atom stereocenters. The van der Waals surface area contributed by atoms with E-state index in [0.29, 0.717) is 39.1 Å². The molecule has 2 aliphatic heterocycles. The summed E-state index contributed by atoms with van der Waals surface area (Å²) in [6.45, 7) is 4.44. The van der Waals surface area contributed by atoms with Crippen molar-refractivity contribution in [1.29, 1.82) is 0 Å². The number of fused-ring (bicyclic) bond motifs is 1. The van der Waals surface area contributed by atoms with Crippen LogP contribution in [0.25, 0.3) is 0 Å². The van der Waals surface area contributed by atoms with E-state index in [1.165, 1.54) is 4.90 Å². The molecule has 2 aromatic rings. The van der Waals surface area contributed by atoms with Gasteiger partial charge in [0.15, 0.2) is 0 Å². The summed E-state index contributed by atoms with van der Waals surface area (Å²) in [5.41, 5.74) is 2.77. The maximum atomic E-state index is 13.6. The summed E-state index contributed by atoms with van der Waals surface area (Å²) >= 11 is 0. The number of hydrogen-bond donors (Lipinski definition) is 1. The predicted octanol–water partition coefficient (Wildman–Crippen LogP) is 1.51. The van der Waals surface area contributed by atoms with E-state index in [2.05, 4.69) is 17.1 Å². The molecule has 0 aliphatic carbocycles. The van der Waals surface area contributed by atoms with Crippen molar-refractivity contribution in [3.8, 4) is 0 Å². The fourth-order valence-corrected chi connectivity index (χ4v) is 4.17. The van der Waals surface area contributed by atoms with Gasteiger partial charge in [0.25, 0.3) is 0 Å². The lowest BCUT2D eigenvalue weighted by atomic mass is 10.00. The van der Waals surface area contributed by atoms with Gasteiger partial charge in [-0.1, -0.05) is 43.7 Å². The van der Waals surface area contributed by atoms with Crippen LogP contribution in [0.1, 0.15) is 42.6 Å². The van der Waals surface area contributed by atoms with Crippen LogP contribution in [-0.4, -0.2) is 68.8 Å². The van der Waals surface area contributed by atoms with Gasteiger partial charge in [0, 0.05) is 50.4 Å². The molecule has 3 amide bonds. The van der Waals surface area contributed by atoms with Gasteiger partial charge in [-0.25, -0.2) is 0 Å². The van der Waals surface area contributed by atoms with E-state index in [4.69, 9.17) is 0 Å². The highest BCUT2D eigenvalue weighted by molar-refractivity contribution is 6.35. The molecule has 0 saturated carbocycles. The minimum Gasteiger partial charge on any atom is -0.336 e. The van der Waals surface area contributed by atoms with Crippen LogP contribution in [0.2, 0.25) is 0 Å². The largest absolute Gasteiger partial charge is 0.336 e. The van der Waals surface area contributed by atoms with Crippen molar-refractivity contribution in [3.63, 3.8) is 0 Å². The molecule has 1 aromatic heterocycles. The van der Waals surface area contributed by atoms with Crippen LogP contribution in [0.4, 0.5) is 0 Å². The number of aromatic nitrogens is 2. The molecule has 1 fully saturated rings. The first-order chi connectivity index (χ1) is 14.6. The van der Waals surface area contributed by atoms with Crippen LogP contribution in [0.3, 0.4) is 0 Å². The van der Waals surface area contributed by atoms with Crippen LogP contribution in [0.5, 0.6) is 0 Å². The second kappa shape index (κ2) is 8.69. The molecule has 1 atom stereocenters. The SMILES string of the molecule is CCCCN1CCN(C(C(=O)N2CCc3[nH]ncc3C2)c2ccccc2)C(=O)C1=O. The Hall–Kier alpha value is -3.16. The van der Waals surface area contributed by atoms with E-state index in [1.807, 2.05) is 30.3 Å². The number of rotatable bonds is 6. The van der Waals surface area contributed by atoms with Crippen molar-refractivity contribution in [1.82, 2.24) is 24.9 Å². The summed E-state index contributed by atoms with van der Waals surface area (Å²) in [6, 6.07) is 8.46. The van der Waals surface area contributed by atoms with Crippen molar-refractivity contribution in [2.75, 3.05) is 26.2 Å². The summed E-state index contributed by atoms with van der Waals surface area (Å²) in [5, 5.41) is 7.04. The maximum absolute atomic E-state index is 13.6. The third-order valence-corrected chi connectivity index (χ3v) is 5.90. The molecule has 2 aliphatic rings. The number of unbranched alkanes of at least 4 members (excludes halogenated alkanes) is 1. The van der Waals surface area contributed by atoms with Crippen molar-refractivity contribution in [2.24, 2.45) is 0 Å². The Morgan fingerprint density at radius 2 is 1.93 bits per heavy atom. The molecule has 1 saturated heterocycles. The molecule has 3 heterocycles. The zero-order valence-corrected chi connectivity index (χ0v) is 17.2. The van der Waals surface area contributed by atoms with Crippen LogP contribution < -0.4 is 0 Å². The highest BCUT2D eigenvalue weighted by Gasteiger charge is 2.41. The first-order valence-electron chi connectivity index (χ1n) is 10.5. The molecule has 1 aromatic carbocycles. The lowest BCUT2D eigenvalue weighted by Gasteiger charge is -2.40. The average Bonchev–Trinajstić information content (AvgIpc) is 3.25. The highest BCUT2D eigenvalue weighted by Crippen LogP contribution is 2.28. The quantitative estimate of drug-likeness (QED) is 0.733. The van der Waals surface area contributed by atoms with Crippen molar-refractivity contribution in [3.05, 3.63) is 53.3 Å². The first-order valence-corrected chi connectivity index (χ1v) is 10.5. The molecular formula is C22H27N5O3. The third kappa shape index (κ3) is 3.81. The summed E-state index contributed by atoms with van der Waals surface area (Å²) in [5.74, 6) is -1.27. The van der Waals surface area contributed by atoms with Gasteiger partial charge in [0.1, 0.15) is 6.04 Å². The summed E-state index contributed by atoms with van der Waals surface area (Å²) in [4.78, 5) is 44.1. The van der Waals surface area contributed by atoms with Gasteiger partial charge in [-0.15, -0.1) is 0 Å². The Morgan fingerprint density at radius 1 is 1.13 bits per heavy atom. The van der Waals surface area contributed by atoms with E-state index in [0.717, 1.165) is 29.7 Å². The Labute approximate surface area is 175 Å². The van der Waals surface area contributed by atoms with E-state index >= 15 is 0 Å². The van der Waals surface area contributed by atoms with E-state index < -0.39 is 17.9 Å². The molecule has 30 heavy (non-hydrogen) atoms. The Morgan fingerprint density at radius 3 is 2.70 bits per heavy atom. The Kier molecular flexibility index (Phi) is 5.83. The summed E-state index contributed by atoms with van der Waals surface area (Å²) in [6.07, 6.45) is 4.26. The second-order valence-electron chi connectivity index (χ2n) is 7.84. The molecule has 0 bridgehead atoms. The monoisotopic (exact) mass is 409 g/mol. The lowest BCUT2D eigenvalue weighted by molar-refractivity contribution is -0.161. The molecule has 4 rings (SSSR count). The minimum absolute atomic E-state index is 0.156. The van der Waals surface area contributed by atoms with E-state index in [-0.39, 0.29) is 5.91 Å². The van der Waals surface area contributed by atoms with Gasteiger partial charge in [-0.2, -0.15) is 5.10 Å². The van der Waals surface area contributed by atoms with Gasteiger partial charge >= 0.3 is 11.8 Å². The number of hydrogen-bond acceptors (Lipinski definition) is 4. The Balaban J connectivity index is 1.59. The molecule has 8 heteroatoms. The van der Waals surface area contributed by atoms with Crippen molar-refractivity contribution < 1.29 is 14.4 Å². The molecule has 158 valence electrons. The fraction of sp³-hybridized carbons (Fsp3) is 0.455. The number of amides is 3. The fourth-order valence-electron chi connectivity index (χ4n) is 4.17. The minimum atomic E-state index is -0.801. The number of H-pyrrole nitrogens is 1. The molecule has 0 spiro atoms. The number of benzene rings is 1. The molecule has 1 N–H and O–H groups in total. The standard InChI is InChI=1S/C22H27N5O3/c1-2-3-10-25-12-13-27(22(30)21(25)29)19(16-7-5-4-6-8-16)20(28)26-11-9-18-17(15-26)14-23-24-18/h4-8,14,19H,2-3,9-13,15H2,1H3,(H,23,24). The van der Waals surface area contributed by atoms with Crippen LogP contribution in [-0.2, 0) is 27.3 Å². The number of nitrogens with one attached hydrogen (secondary N) is 1. The predicted molar refractivity (Wildman–Crippen MR) is 110 cm³/mol. The van der Waals surface area contributed by atoms with Gasteiger partial charge in [0.05, 0.1) is 6.20 Å². The van der Waals surface area contributed by atoms with Crippen LogP contribution >= 0.6 is 0 Å². The Bertz CT molecular complexity index is 926. The van der Waals surface area contributed by atoms with Crippen molar-refractivity contribution in [2.45, 2.75) is 38.8 Å². The summed E-state index contributed by atoms with van der Waals surface area (Å²) < 4.78 is 0. The number of carbonyl (C=O) groups is 3. The number of aromatic amines is 1. The van der Waals surface area contributed by atoms with Gasteiger partial charge < -0.3 is 14.7 Å². The lowest BCUT2D eigenvalue weighted by Crippen LogP contribution is -2.57. The topological polar surface area (TPSA) is 89.6 Å². The van der Waals surface area contributed by atoms with Crippen LogP contribution in [0, 0.1) is 0 Å². The smallest absolute Gasteiger partial charge is 0.313 e. The number of carbonyl (C=O) groups excluding carboxylic acids is 3. The average molecular weight is 409 g/mol. The normalized spacial score (nSPS) is 17.8. The second-order valence-corrected chi connectivity index (χ2v) is 7.84. The van der Waals surface area contributed by atoms with E-state index in [9.17, 15) is 14.4 Å². The number of nitrogens with zero attached hydrogens (tertiary/aromatic N) is 4. The third-order valence-electron chi connectivity index (χ3n) is 5.90. The molecule has 8 nitrogen and oxygen atoms in total. The van der Waals surface area contributed by atoms with Gasteiger partial charge in [-0.3, -0.25) is 19.5 Å². The van der Waals surface area contributed by atoms with Crippen LogP contribution in [0.15, 0.2) is 36.5 Å². The van der Waals surface area contributed by atoms with Gasteiger partial charge in [0.2, 0.25) is 5.91 Å². The van der Waals surface area contributed by atoms with E-state index in [1.54, 1.807) is 16.0 Å². The zero-order valence-electron chi connectivity index (χ0n) is 17.2. The maximum Gasteiger partial charge on any atom is 0.313 e. The zero-order chi connectivity index (χ0) is 21.1. The van der Waals surface area contributed by atoms with Gasteiger partial charge in [-0.05, 0) is 12.0 Å². The first kappa shape index (κ1) is 20.1. The van der Waals surface area contributed by atoms with Crippen molar-refractivity contribution >= 4 is 17.7 Å². The number of piperazine rings is 1. The highest BCUT2D eigenvalue weighted by atomic mass is 16.2.